The average Bonchev–Trinajstić information content (AvgIpc) is 2.51. The highest BCUT2D eigenvalue weighted by molar-refractivity contribution is 5.85. The summed E-state index contributed by atoms with van der Waals surface area (Å²) in [5.74, 6) is -1.95. The van der Waals surface area contributed by atoms with Crippen LogP contribution in [0.2, 0.25) is 0 Å². The van der Waals surface area contributed by atoms with Crippen LogP contribution in [0.1, 0.15) is 30.0 Å². The molecule has 0 radical (unpaired) electrons. The highest BCUT2D eigenvalue weighted by Gasteiger charge is 2.39. The van der Waals surface area contributed by atoms with E-state index in [1.165, 1.54) is 0 Å². The van der Waals surface area contributed by atoms with Crippen LogP contribution in [0, 0.1) is 5.82 Å². The number of nitrogens with zero attached hydrogens (tertiary/aromatic N) is 1. The van der Waals surface area contributed by atoms with Crippen LogP contribution in [0.3, 0.4) is 0 Å². The number of phenolic OH excluding ortho intramolecular Hbond substituents is 1. The van der Waals surface area contributed by atoms with Crippen molar-refractivity contribution in [2.45, 2.75) is 25.1 Å². The molecular weight excluding hydrogens is 383 g/mol. The van der Waals surface area contributed by atoms with E-state index < -0.39 is 29.3 Å². The highest BCUT2D eigenvalue weighted by atomic mass is 35.5. The van der Waals surface area contributed by atoms with Gasteiger partial charge in [-0.1, -0.05) is 6.08 Å². The summed E-state index contributed by atoms with van der Waals surface area (Å²) in [5.41, 5.74) is -1.36. The lowest BCUT2D eigenvalue weighted by atomic mass is 9.93. The topological polar surface area (TPSA) is 35.5 Å². The first-order chi connectivity index (χ1) is 10.9. The molecule has 3 nitrogen and oxygen atoms in total. The molecule has 1 fully saturated rings. The number of phenols is 1. The van der Waals surface area contributed by atoms with Crippen molar-refractivity contribution in [3.63, 3.8) is 0 Å². The summed E-state index contributed by atoms with van der Waals surface area (Å²) in [7, 11) is 0. The molecule has 0 bridgehead atoms. The monoisotopic (exact) mass is 404 g/mol. The lowest BCUT2D eigenvalue weighted by Crippen LogP contribution is -2.45. The molecule has 0 spiro atoms. The molecule has 2 N–H and O–H groups in total. The van der Waals surface area contributed by atoms with Crippen molar-refractivity contribution in [1.29, 1.82) is 0 Å². The Kier molecular flexibility index (Phi) is 9.79. The molecular formula is C16H22Cl2F4N2O. The Bertz CT molecular complexity index is 564. The first-order valence-corrected chi connectivity index (χ1v) is 7.50. The van der Waals surface area contributed by atoms with Gasteiger partial charge in [0.05, 0.1) is 5.56 Å². The molecule has 25 heavy (non-hydrogen) atoms. The van der Waals surface area contributed by atoms with E-state index in [1.54, 1.807) is 6.08 Å². The van der Waals surface area contributed by atoms with Gasteiger partial charge >= 0.3 is 6.18 Å². The van der Waals surface area contributed by atoms with Crippen molar-refractivity contribution in [2.24, 2.45) is 0 Å². The second-order valence-electron chi connectivity index (χ2n) is 5.52. The molecule has 0 amide bonds. The van der Waals surface area contributed by atoms with Crippen molar-refractivity contribution in [3.8, 4) is 5.75 Å². The Hall–Kier alpha value is -1.02. The summed E-state index contributed by atoms with van der Waals surface area (Å²) in [6.07, 6.45) is -2.23. The molecule has 1 aromatic carbocycles. The molecule has 1 aliphatic rings. The number of allylic oxidation sites excluding steroid dienone is 1. The van der Waals surface area contributed by atoms with E-state index in [0.717, 1.165) is 0 Å². The summed E-state index contributed by atoms with van der Waals surface area (Å²) in [4.78, 5) is 1.85. The van der Waals surface area contributed by atoms with Crippen molar-refractivity contribution in [3.05, 3.63) is 41.7 Å². The van der Waals surface area contributed by atoms with Gasteiger partial charge in [0.15, 0.2) is 11.6 Å². The molecule has 0 unspecified atom stereocenters. The number of halogens is 6. The third-order valence-electron chi connectivity index (χ3n) is 4.04. The Morgan fingerprint density at radius 1 is 1.24 bits per heavy atom. The third kappa shape index (κ3) is 5.74. The van der Waals surface area contributed by atoms with Crippen molar-refractivity contribution >= 4 is 24.8 Å². The van der Waals surface area contributed by atoms with E-state index in [0.29, 0.717) is 51.2 Å². The Morgan fingerprint density at radius 3 is 2.36 bits per heavy atom. The number of aromatic hydroxyl groups is 1. The maximum Gasteiger partial charge on any atom is 0.416 e. The molecule has 9 heteroatoms. The zero-order valence-corrected chi connectivity index (χ0v) is 15.1. The molecule has 1 aliphatic heterocycles. The molecule has 0 saturated carbocycles. The Labute approximate surface area is 156 Å². The van der Waals surface area contributed by atoms with Crippen LogP contribution in [-0.2, 0) is 6.18 Å². The fourth-order valence-corrected chi connectivity index (χ4v) is 2.94. The zero-order valence-electron chi connectivity index (χ0n) is 13.5. The molecule has 2 rings (SSSR count). The number of hydrogen-bond acceptors (Lipinski definition) is 3. The van der Waals surface area contributed by atoms with Crippen molar-refractivity contribution in [1.82, 2.24) is 10.2 Å². The fraction of sp³-hybridized carbons (Fsp3) is 0.500. The molecule has 1 saturated heterocycles. The van der Waals surface area contributed by atoms with Crippen LogP contribution in [0.4, 0.5) is 17.6 Å². The molecule has 1 heterocycles. The third-order valence-corrected chi connectivity index (χ3v) is 4.04. The summed E-state index contributed by atoms with van der Waals surface area (Å²) >= 11 is 0. The average molecular weight is 405 g/mol. The van der Waals surface area contributed by atoms with E-state index >= 15 is 0 Å². The lowest BCUT2D eigenvalue weighted by molar-refractivity contribution is -0.139. The van der Waals surface area contributed by atoms with E-state index in [9.17, 15) is 22.7 Å². The van der Waals surface area contributed by atoms with Gasteiger partial charge in [-0.3, -0.25) is 4.90 Å². The molecule has 0 aromatic heterocycles. The van der Waals surface area contributed by atoms with Gasteiger partial charge in [0, 0.05) is 37.8 Å². The summed E-state index contributed by atoms with van der Waals surface area (Å²) in [6.45, 7) is 5.95. The first kappa shape index (κ1) is 24.0. The van der Waals surface area contributed by atoms with Crippen LogP contribution < -0.4 is 5.32 Å². The minimum absolute atomic E-state index is 0. The largest absolute Gasteiger partial charge is 0.505 e. The van der Waals surface area contributed by atoms with Gasteiger partial charge in [0.2, 0.25) is 0 Å². The number of benzene rings is 1. The number of hydrogen-bond donors (Lipinski definition) is 2. The van der Waals surface area contributed by atoms with Gasteiger partial charge in [0.25, 0.3) is 0 Å². The fourth-order valence-electron chi connectivity index (χ4n) is 2.94. The highest BCUT2D eigenvalue weighted by Crippen LogP contribution is 2.43. The molecule has 1 aromatic rings. The Balaban J connectivity index is 0.00000288. The van der Waals surface area contributed by atoms with Crippen LogP contribution in [0.15, 0.2) is 24.8 Å². The van der Waals surface area contributed by atoms with E-state index in [1.807, 2.05) is 4.90 Å². The second kappa shape index (κ2) is 10.2. The molecule has 0 aliphatic carbocycles. The quantitative estimate of drug-likeness (QED) is 0.566. The number of alkyl halides is 3. The smallest absolute Gasteiger partial charge is 0.416 e. The molecule has 144 valence electrons. The van der Waals surface area contributed by atoms with Gasteiger partial charge in [-0.15, -0.1) is 31.4 Å². The van der Waals surface area contributed by atoms with Gasteiger partial charge in [-0.25, -0.2) is 4.39 Å². The molecule has 1 atom stereocenters. The normalized spacial score (nSPS) is 16.5. The minimum Gasteiger partial charge on any atom is -0.505 e. The van der Waals surface area contributed by atoms with E-state index in [-0.39, 0.29) is 30.4 Å². The lowest BCUT2D eigenvalue weighted by Gasteiger charge is -2.36. The number of nitrogens with one attached hydrogen (secondary N) is 1. The van der Waals surface area contributed by atoms with Crippen LogP contribution in [0.25, 0.3) is 0 Å². The predicted molar refractivity (Wildman–Crippen MR) is 94.2 cm³/mol. The van der Waals surface area contributed by atoms with E-state index in [2.05, 4.69) is 11.9 Å². The van der Waals surface area contributed by atoms with E-state index in [4.69, 9.17) is 0 Å². The summed E-state index contributed by atoms with van der Waals surface area (Å²) < 4.78 is 53.7. The Morgan fingerprint density at radius 2 is 1.84 bits per heavy atom. The maximum absolute atomic E-state index is 13.7. The van der Waals surface area contributed by atoms with Gasteiger partial charge in [-0.2, -0.15) is 13.2 Å². The minimum atomic E-state index is -4.65. The first-order valence-electron chi connectivity index (χ1n) is 7.50. The second-order valence-corrected chi connectivity index (χ2v) is 5.52. The van der Waals surface area contributed by atoms with Gasteiger partial charge in [0.1, 0.15) is 0 Å². The SMILES string of the molecule is C=CCC[C@H](c1c(C(F)(F)F)ccc(F)c1O)N1CCNCC1.Cl.Cl. The van der Waals surface area contributed by atoms with Crippen LogP contribution >= 0.6 is 24.8 Å². The summed E-state index contributed by atoms with van der Waals surface area (Å²) in [5, 5.41) is 13.1. The number of rotatable bonds is 5. The predicted octanol–water partition coefficient (Wildman–Crippen LogP) is 4.31. The van der Waals surface area contributed by atoms with Gasteiger partial charge in [-0.05, 0) is 25.0 Å². The van der Waals surface area contributed by atoms with Crippen LogP contribution in [0.5, 0.6) is 5.75 Å². The van der Waals surface area contributed by atoms with Crippen molar-refractivity contribution < 1.29 is 22.7 Å². The van der Waals surface area contributed by atoms with Crippen molar-refractivity contribution in [2.75, 3.05) is 26.2 Å². The number of piperazine rings is 1. The van der Waals surface area contributed by atoms with Gasteiger partial charge < -0.3 is 10.4 Å². The van der Waals surface area contributed by atoms with Crippen LogP contribution in [-0.4, -0.2) is 36.2 Å². The standard InChI is InChI=1S/C16H20F4N2O.2ClH/c1-2-3-4-13(22-9-7-21-8-10-22)14-11(16(18,19)20)5-6-12(17)15(14)23;;/h2,5-6,13,21,23H,1,3-4,7-10H2;2*1H/t13-;;/m1../s1. The summed E-state index contributed by atoms with van der Waals surface area (Å²) in [6, 6.07) is 0.653. The maximum atomic E-state index is 13.7. The zero-order chi connectivity index (χ0) is 17.0.